The average molecular weight is 279 g/mol. The van der Waals surface area contributed by atoms with Gasteiger partial charge in [0, 0.05) is 24.3 Å². The molecule has 2 rings (SSSR count). The molecule has 0 saturated carbocycles. The number of carbonyl (C=O) groups excluding carboxylic acids is 1. The molecule has 5 nitrogen and oxygen atoms in total. The summed E-state index contributed by atoms with van der Waals surface area (Å²) >= 11 is 5.92. The Hall–Kier alpha value is -2.01. The summed E-state index contributed by atoms with van der Waals surface area (Å²) in [5.74, 6) is 0.0594. The number of hydrogen-bond donors (Lipinski definition) is 2. The van der Waals surface area contributed by atoms with Gasteiger partial charge in [-0.2, -0.15) is 5.10 Å². The fourth-order valence-corrected chi connectivity index (χ4v) is 2.10. The van der Waals surface area contributed by atoms with Gasteiger partial charge in [0.1, 0.15) is 5.56 Å². The van der Waals surface area contributed by atoms with Crippen LogP contribution in [-0.2, 0) is 6.54 Å². The highest BCUT2D eigenvalue weighted by Crippen LogP contribution is 2.17. The number of rotatable bonds is 3. The van der Waals surface area contributed by atoms with Crippen LogP contribution in [0.25, 0.3) is 0 Å². The molecular formula is C13H15ClN4O. The standard InChI is InChI=1S/C13H15ClN4O/c1-8-11(12(15)17-16-8)13(19)18(2)7-9-4-3-5-10(14)6-9/h3-6H,7H2,1-2H3,(H3,15,16,17). The number of H-pyrrole nitrogens is 1. The topological polar surface area (TPSA) is 75.0 Å². The molecule has 0 fully saturated rings. The SMILES string of the molecule is Cc1[nH]nc(N)c1C(=O)N(C)Cc1cccc(Cl)c1. The zero-order chi connectivity index (χ0) is 14.0. The van der Waals surface area contributed by atoms with Gasteiger partial charge in [0.2, 0.25) is 0 Å². The molecular weight excluding hydrogens is 264 g/mol. The first-order valence-corrected chi connectivity index (χ1v) is 6.17. The molecule has 0 aliphatic rings. The van der Waals surface area contributed by atoms with Crippen molar-refractivity contribution in [3.8, 4) is 0 Å². The van der Waals surface area contributed by atoms with Crippen LogP contribution in [0.4, 0.5) is 5.82 Å². The summed E-state index contributed by atoms with van der Waals surface area (Å²) in [4.78, 5) is 13.9. The van der Waals surface area contributed by atoms with Crippen molar-refractivity contribution in [3.05, 3.63) is 46.1 Å². The van der Waals surface area contributed by atoms with Crippen LogP contribution in [0.3, 0.4) is 0 Å². The molecule has 0 saturated heterocycles. The normalized spacial score (nSPS) is 10.5. The number of nitrogens with zero attached hydrogens (tertiary/aromatic N) is 2. The molecule has 0 bridgehead atoms. The molecule has 1 aromatic heterocycles. The number of halogens is 1. The van der Waals surface area contributed by atoms with Gasteiger partial charge in [-0.3, -0.25) is 9.89 Å². The minimum atomic E-state index is -0.163. The lowest BCUT2D eigenvalue weighted by Crippen LogP contribution is -2.27. The predicted octanol–water partition coefficient (Wildman–Crippen LogP) is 2.23. The Morgan fingerprint density at radius 1 is 1.53 bits per heavy atom. The van der Waals surface area contributed by atoms with E-state index < -0.39 is 0 Å². The highest BCUT2D eigenvalue weighted by molar-refractivity contribution is 6.30. The highest BCUT2D eigenvalue weighted by Gasteiger charge is 2.19. The summed E-state index contributed by atoms with van der Waals surface area (Å²) in [7, 11) is 1.72. The second kappa shape index (κ2) is 5.32. The maximum Gasteiger partial charge on any atom is 0.259 e. The van der Waals surface area contributed by atoms with Crippen molar-refractivity contribution < 1.29 is 4.79 Å². The van der Waals surface area contributed by atoms with Gasteiger partial charge in [-0.05, 0) is 24.6 Å². The van der Waals surface area contributed by atoms with E-state index in [1.165, 1.54) is 0 Å². The molecule has 3 N–H and O–H groups in total. The van der Waals surface area contributed by atoms with E-state index in [0.29, 0.717) is 22.8 Å². The number of anilines is 1. The van der Waals surface area contributed by atoms with E-state index in [4.69, 9.17) is 17.3 Å². The Morgan fingerprint density at radius 3 is 2.84 bits per heavy atom. The third-order valence-electron chi connectivity index (χ3n) is 2.84. The number of amides is 1. The number of aromatic amines is 1. The Kier molecular flexibility index (Phi) is 3.76. The smallest absolute Gasteiger partial charge is 0.259 e. The zero-order valence-corrected chi connectivity index (χ0v) is 11.5. The third-order valence-corrected chi connectivity index (χ3v) is 3.08. The fraction of sp³-hybridized carbons (Fsp3) is 0.231. The maximum absolute atomic E-state index is 12.3. The number of nitrogens with two attached hydrogens (primary N) is 1. The molecule has 0 spiro atoms. The van der Waals surface area contributed by atoms with E-state index in [-0.39, 0.29) is 11.7 Å². The zero-order valence-electron chi connectivity index (χ0n) is 10.8. The summed E-state index contributed by atoms with van der Waals surface area (Å²) in [6.45, 7) is 2.23. The van der Waals surface area contributed by atoms with E-state index in [2.05, 4.69) is 10.2 Å². The van der Waals surface area contributed by atoms with Crippen LogP contribution in [-0.4, -0.2) is 28.1 Å². The van der Waals surface area contributed by atoms with Gasteiger partial charge in [0.15, 0.2) is 5.82 Å². The Bertz CT molecular complexity index is 589. The van der Waals surface area contributed by atoms with Crippen LogP contribution in [0.15, 0.2) is 24.3 Å². The number of nitrogens with one attached hydrogen (secondary N) is 1. The van der Waals surface area contributed by atoms with Crippen molar-refractivity contribution in [2.75, 3.05) is 12.8 Å². The third kappa shape index (κ3) is 2.88. The van der Waals surface area contributed by atoms with Crippen molar-refractivity contribution in [2.45, 2.75) is 13.5 Å². The largest absolute Gasteiger partial charge is 0.382 e. The molecule has 19 heavy (non-hydrogen) atoms. The van der Waals surface area contributed by atoms with E-state index in [1.807, 2.05) is 18.2 Å². The molecule has 0 atom stereocenters. The Balaban J connectivity index is 2.16. The first-order valence-electron chi connectivity index (χ1n) is 5.79. The molecule has 1 amide bonds. The number of aryl methyl sites for hydroxylation is 1. The van der Waals surface area contributed by atoms with E-state index in [1.54, 1.807) is 24.9 Å². The molecule has 0 aliphatic carbocycles. The van der Waals surface area contributed by atoms with Crippen molar-refractivity contribution in [3.63, 3.8) is 0 Å². The number of hydrogen-bond acceptors (Lipinski definition) is 3. The van der Waals surface area contributed by atoms with Gasteiger partial charge in [-0.1, -0.05) is 23.7 Å². The van der Waals surface area contributed by atoms with Gasteiger partial charge in [0.25, 0.3) is 5.91 Å². The lowest BCUT2D eigenvalue weighted by molar-refractivity contribution is 0.0785. The van der Waals surface area contributed by atoms with Crippen molar-refractivity contribution in [2.24, 2.45) is 0 Å². The van der Waals surface area contributed by atoms with Gasteiger partial charge in [-0.15, -0.1) is 0 Å². The first kappa shape index (κ1) is 13.4. The average Bonchev–Trinajstić information content (AvgIpc) is 2.68. The van der Waals surface area contributed by atoms with Crippen molar-refractivity contribution in [1.29, 1.82) is 0 Å². The van der Waals surface area contributed by atoms with Crippen LogP contribution in [0, 0.1) is 6.92 Å². The van der Waals surface area contributed by atoms with Crippen LogP contribution in [0.1, 0.15) is 21.6 Å². The predicted molar refractivity (Wildman–Crippen MR) is 75.0 cm³/mol. The molecule has 0 unspecified atom stereocenters. The number of nitrogen functional groups attached to an aromatic ring is 1. The highest BCUT2D eigenvalue weighted by atomic mass is 35.5. The fourth-order valence-electron chi connectivity index (χ4n) is 1.89. The van der Waals surface area contributed by atoms with Crippen LogP contribution in [0.5, 0.6) is 0 Å². The minimum Gasteiger partial charge on any atom is -0.382 e. The van der Waals surface area contributed by atoms with Crippen LogP contribution in [0.2, 0.25) is 5.02 Å². The number of benzene rings is 1. The summed E-state index contributed by atoms with van der Waals surface area (Å²) in [5, 5.41) is 7.18. The molecule has 100 valence electrons. The minimum absolute atomic E-state index is 0.163. The summed E-state index contributed by atoms with van der Waals surface area (Å²) in [5.41, 5.74) is 7.74. The summed E-state index contributed by atoms with van der Waals surface area (Å²) in [6, 6.07) is 7.40. The molecule has 6 heteroatoms. The van der Waals surface area contributed by atoms with E-state index >= 15 is 0 Å². The lowest BCUT2D eigenvalue weighted by Gasteiger charge is -2.17. The first-order chi connectivity index (χ1) is 8.99. The Labute approximate surface area is 116 Å². The van der Waals surface area contributed by atoms with Crippen LogP contribution >= 0.6 is 11.6 Å². The van der Waals surface area contributed by atoms with Gasteiger partial charge in [0.05, 0.1) is 0 Å². The molecule has 1 aromatic carbocycles. The van der Waals surface area contributed by atoms with Gasteiger partial charge in [-0.25, -0.2) is 0 Å². The van der Waals surface area contributed by atoms with E-state index in [9.17, 15) is 4.79 Å². The monoisotopic (exact) mass is 278 g/mol. The van der Waals surface area contributed by atoms with Crippen LogP contribution < -0.4 is 5.73 Å². The van der Waals surface area contributed by atoms with Crippen molar-refractivity contribution in [1.82, 2.24) is 15.1 Å². The second-order valence-electron chi connectivity index (χ2n) is 4.40. The second-order valence-corrected chi connectivity index (χ2v) is 4.84. The van der Waals surface area contributed by atoms with Crippen molar-refractivity contribution >= 4 is 23.3 Å². The number of aromatic nitrogens is 2. The quantitative estimate of drug-likeness (QED) is 0.904. The maximum atomic E-state index is 12.3. The van der Waals surface area contributed by atoms with Gasteiger partial charge >= 0.3 is 0 Å². The molecule has 1 heterocycles. The summed E-state index contributed by atoms with van der Waals surface area (Å²) in [6.07, 6.45) is 0. The van der Waals surface area contributed by atoms with Gasteiger partial charge < -0.3 is 10.6 Å². The lowest BCUT2D eigenvalue weighted by atomic mass is 10.2. The molecule has 2 aromatic rings. The van der Waals surface area contributed by atoms with E-state index in [0.717, 1.165) is 5.56 Å². The Morgan fingerprint density at radius 2 is 2.26 bits per heavy atom. The number of carbonyl (C=O) groups is 1. The molecule has 0 aliphatic heterocycles. The summed E-state index contributed by atoms with van der Waals surface area (Å²) < 4.78 is 0. The molecule has 0 radical (unpaired) electrons.